The maximum absolute atomic E-state index is 11.5. The maximum Gasteiger partial charge on any atom is 0.326 e. The first kappa shape index (κ1) is 11.0. The average molecular weight is 200 g/mol. The van der Waals surface area contributed by atoms with Gasteiger partial charge >= 0.3 is 11.9 Å². The van der Waals surface area contributed by atoms with E-state index in [0.717, 1.165) is 0 Å². The van der Waals surface area contributed by atoms with Crippen LogP contribution in [0.4, 0.5) is 0 Å². The minimum Gasteiger partial charge on any atom is -0.422 e. The zero-order chi connectivity index (χ0) is 11.0. The van der Waals surface area contributed by atoms with Crippen LogP contribution in [-0.2, 0) is 19.1 Å². The summed E-state index contributed by atoms with van der Waals surface area (Å²) in [7, 11) is 0. The fourth-order valence-electron chi connectivity index (χ4n) is 1.24. The van der Waals surface area contributed by atoms with E-state index in [0.29, 0.717) is 12.8 Å². The summed E-state index contributed by atoms with van der Waals surface area (Å²) in [5.41, 5.74) is -1.17. The van der Waals surface area contributed by atoms with Crippen LogP contribution in [-0.4, -0.2) is 17.7 Å². The molecule has 80 valence electrons. The van der Waals surface area contributed by atoms with Crippen molar-refractivity contribution < 1.29 is 19.1 Å². The van der Waals surface area contributed by atoms with Gasteiger partial charge in [0, 0.05) is 12.8 Å². The first-order chi connectivity index (χ1) is 6.38. The lowest BCUT2D eigenvalue weighted by molar-refractivity contribution is -0.261. The molecule has 4 nitrogen and oxygen atoms in total. The van der Waals surface area contributed by atoms with E-state index in [1.165, 1.54) is 13.8 Å². The van der Waals surface area contributed by atoms with Crippen LogP contribution in [0.25, 0.3) is 0 Å². The number of ether oxygens (including phenoxy) is 2. The second kappa shape index (κ2) is 3.26. The Balaban J connectivity index is 2.95. The van der Waals surface area contributed by atoms with Crippen LogP contribution in [0.5, 0.6) is 0 Å². The second-order valence-corrected chi connectivity index (χ2v) is 4.02. The monoisotopic (exact) mass is 200 g/mol. The molecule has 0 N–H and O–H groups in total. The molecular weight excluding hydrogens is 184 g/mol. The predicted molar refractivity (Wildman–Crippen MR) is 49.3 cm³/mol. The van der Waals surface area contributed by atoms with Gasteiger partial charge in [0.15, 0.2) is 5.41 Å². The topological polar surface area (TPSA) is 52.6 Å². The van der Waals surface area contributed by atoms with E-state index in [4.69, 9.17) is 9.47 Å². The Morgan fingerprint density at radius 3 is 1.64 bits per heavy atom. The molecule has 0 aromatic rings. The van der Waals surface area contributed by atoms with Gasteiger partial charge in [0.25, 0.3) is 5.79 Å². The molecule has 1 fully saturated rings. The molecule has 1 saturated heterocycles. The molecule has 0 bridgehead atoms. The molecule has 1 aliphatic heterocycles. The Morgan fingerprint density at radius 1 is 1.00 bits per heavy atom. The van der Waals surface area contributed by atoms with Crippen molar-refractivity contribution in [2.75, 3.05) is 0 Å². The van der Waals surface area contributed by atoms with Crippen molar-refractivity contribution in [3.63, 3.8) is 0 Å². The van der Waals surface area contributed by atoms with Crippen molar-refractivity contribution in [3.05, 3.63) is 0 Å². The van der Waals surface area contributed by atoms with E-state index >= 15 is 0 Å². The third-order valence-corrected chi connectivity index (χ3v) is 2.66. The van der Waals surface area contributed by atoms with E-state index in [1.54, 1.807) is 0 Å². The molecular formula is C10H16O4. The van der Waals surface area contributed by atoms with Crippen LogP contribution in [0.15, 0.2) is 0 Å². The molecule has 1 heterocycles. The highest BCUT2D eigenvalue weighted by Gasteiger charge is 2.52. The van der Waals surface area contributed by atoms with Crippen molar-refractivity contribution in [1.29, 1.82) is 0 Å². The van der Waals surface area contributed by atoms with Crippen LogP contribution in [0, 0.1) is 5.41 Å². The fraction of sp³-hybridized carbons (Fsp3) is 0.800. The van der Waals surface area contributed by atoms with E-state index < -0.39 is 23.1 Å². The predicted octanol–water partition coefficient (Wildman–Crippen LogP) is 1.63. The van der Waals surface area contributed by atoms with Crippen LogP contribution >= 0.6 is 0 Å². The summed E-state index contributed by atoms with van der Waals surface area (Å²) in [5, 5.41) is 0. The number of cyclic esters (lactones) is 2. The van der Waals surface area contributed by atoms with Gasteiger partial charge < -0.3 is 9.47 Å². The molecule has 0 aromatic carbocycles. The van der Waals surface area contributed by atoms with Gasteiger partial charge in [-0.25, -0.2) is 0 Å². The van der Waals surface area contributed by atoms with Gasteiger partial charge in [-0.3, -0.25) is 9.59 Å². The van der Waals surface area contributed by atoms with Crippen molar-refractivity contribution in [2.24, 2.45) is 5.41 Å². The molecule has 0 saturated carbocycles. The third kappa shape index (κ3) is 1.49. The van der Waals surface area contributed by atoms with Gasteiger partial charge in [-0.15, -0.1) is 0 Å². The van der Waals surface area contributed by atoms with Crippen LogP contribution in [0.1, 0.15) is 40.5 Å². The van der Waals surface area contributed by atoms with Crippen LogP contribution in [0.2, 0.25) is 0 Å². The molecule has 0 aromatic heterocycles. The molecule has 4 heteroatoms. The summed E-state index contributed by atoms with van der Waals surface area (Å²) in [6.45, 7) is 6.66. The molecule has 0 spiro atoms. The molecule has 1 rings (SSSR count). The number of hydrogen-bond donors (Lipinski definition) is 0. The highest BCUT2D eigenvalue weighted by atomic mass is 16.7. The Labute approximate surface area is 83.6 Å². The maximum atomic E-state index is 11.5. The van der Waals surface area contributed by atoms with Crippen molar-refractivity contribution in [2.45, 2.75) is 46.3 Å². The summed E-state index contributed by atoms with van der Waals surface area (Å²) in [6.07, 6.45) is 0.966. The summed E-state index contributed by atoms with van der Waals surface area (Å²) >= 11 is 0. The first-order valence-corrected chi connectivity index (χ1v) is 4.85. The number of esters is 2. The van der Waals surface area contributed by atoms with Gasteiger partial charge in [-0.2, -0.15) is 0 Å². The fourth-order valence-corrected chi connectivity index (χ4v) is 1.24. The summed E-state index contributed by atoms with van der Waals surface area (Å²) in [4.78, 5) is 23.1. The molecule has 0 unspecified atom stereocenters. The summed E-state index contributed by atoms with van der Waals surface area (Å²) in [6, 6.07) is 0. The van der Waals surface area contributed by atoms with Gasteiger partial charge in [0.1, 0.15) is 0 Å². The molecule has 0 aliphatic carbocycles. The zero-order valence-electron chi connectivity index (χ0n) is 9.05. The lowest BCUT2D eigenvalue weighted by Crippen LogP contribution is -2.53. The smallest absolute Gasteiger partial charge is 0.326 e. The Morgan fingerprint density at radius 2 is 1.36 bits per heavy atom. The minimum atomic E-state index is -1.17. The normalized spacial score (nSPS) is 24.0. The van der Waals surface area contributed by atoms with Crippen LogP contribution < -0.4 is 0 Å². The van der Waals surface area contributed by atoms with E-state index in [1.807, 2.05) is 13.8 Å². The van der Waals surface area contributed by atoms with Crippen molar-refractivity contribution in [3.8, 4) is 0 Å². The standard InChI is InChI=1S/C10H16O4/c1-5-10(6-2)13-7(11)9(3,4)8(12)14-10/h5-6H2,1-4H3. The Kier molecular flexibility index (Phi) is 2.56. The first-order valence-electron chi connectivity index (χ1n) is 4.85. The average Bonchev–Trinajstić information content (AvgIpc) is 2.14. The summed E-state index contributed by atoms with van der Waals surface area (Å²) < 4.78 is 10.4. The van der Waals surface area contributed by atoms with Crippen LogP contribution in [0.3, 0.4) is 0 Å². The molecule has 0 radical (unpaired) electrons. The van der Waals surface area contributed by atoms with Gasteiger partial charge in [-0.05, 0) is 13.8 Å². The Bertz CT molecular complexity index is 241. The van der Waals surface area contributed by atoms with Gasteiger partial charge in [-0.1, -0.05) is 13.8 Å². The number of hydrogen-bond acceptors (Lipinski definition) is 4. The lowest BCUT2D eigenvalue weighted by atomic mass is 9.92. The number of carbonyl (C=O) groups excluding carboxylic acids is 2. The quantitative estimate of drug-likeness (QED) is 0.502. The SMILES string of the molecule is CCC1(CC)OC(=O)C(C)(C)C(=O)O1. The van der Waals surface area contributed by atoms with Gasteiger partial charge in [0.05, 0.1) is 0 Å². The molecule has 0 atom stereocenters. The second-order valence-electron chi connectivity index (χ2n) is 4.02. The molecule has 1 aliphatic rings. The zero-order valence-corrected chi connectivity index (χ0v) is 9.05. The largest absolute Gasteiger partial charge is 0.422 e. The lowest BCUT2D eigenvalue weighted by Gasteiger charge is -2.39. The molecule has 0 amide bonds. The highest BCUT2D eigenvalue weighted by molar-refractivity contribution is 6.00. The summed E-state index contributed by atoms with van der Waals surface area (Å²) in [5.74, 6) is -2.04. The minimum absolute atomic E-state index is 0.483. The van der Waals surface area contributed by atoms with E-state index in [2.05, 4.69) is 0 Å². The van der Waals surface area contributed by atoms with E-state index in [9.17, 15) is 9.59 Å². The van der Waals surface area contributed by atoms with E-state index in [-0.39, 0.29) is 0 Å². The van der Waals surface area contributed by atoms with Crippen molar-refractivity contribution >= 4 is 11.9 Å². The van der Waals surface area contributed by atoms with Crippen molar-refractivity contribution in [1.82, 2.24) is 0 Å². The highest BCUT2D eigenvalue weighted by Crippen LogP contribution is 2.35. The third-order valence-electron chi connectivity index (χ3n) is 2.66. The van der Waals surface area contributed by atoms with Gasteiger partial charge in [0.2, 0.25) is 0 Å². The number of carbonyl (C=O) groups is 2. The number of rotatable bonds is 2. The molecule has 14 heavy (non-hydrogen) atoms. The Hall–Kier alpha value is -1.06.